The van der Waals surface area contributed by atoms with Crippen molar-refractivity contribution in [2.24, 2.45) is 5.92 Å². The molecule has 1 saturated carbocycles. The minimum atomic E-state index is -0.868. The first-order chi connectivity index (χ1) is 11.8. The third kappa shape index (κ3) is 3.33. The molecule has 1 aliphatic carbocycles. The number of anilines is 1. The van der Waals surface area contributed by atoms with Crippen molar-refractivity contribution < 1.29 is 14.4 Å². The molecule has 6 nitrogen and oxygen atoms in total. The van der Waals surface area contributed by atoms with E-state index in [0.29, 0.717) is 17.1 Å². The average molecular weight is 384 g/mol. The van der Waals surface area contributed by atoms with Crippen molar-refractivity contribution in [2.75, 3.05) is 11.9 Å². The summed E-state index contributed by atoms with van der Waals surface area (Å²) in [6.07, 6.45) is 3.42. The molecule has 2 fully saturated rings. The van der Waals surface area contributed by atoms with Gasteiger partial charge in [0.2, 0.25) is 5.91 Å². The Morgan fingerprint density at radius 3 is 2.80 bits per heavy atom. The lowest BCUT2D eigenvalue weighted by atomic mass is 9.73. The first-order valence-electron chi connectivity index (χ1n) is 8.22. The van der Waals surface area contributed by atoms with Crippen LogP contribution in [0.3, 0.4) is 0 Å². The van der Waals surface area contributed by atoms with Gasteiger partial charge in [0, 0.05) is 5.02 Å². The fourth-order valence-electron chi connectivity index (χ4n) is 3.56. The molecule has 25 heavy (non-hydrogen) atoms. The maximum atomic E-state index is 12.8. The van der Waals surface area contributed by atoms with Crippen LogP contribution in [-0.2, 0) is 9.59 Å². The highest BCUT2D eigenvalue weighted by molar-refractivity contribution is 6.36. The third-order valence-corrected chi connectivity index (χ3v) is 5.56. The van der Waals surface area contributed by atoms with Crippen LogP contribution in [0.2, 0.25) is 10.0 Å². The largest absolute Gasteiger partial charge is 0.325 e. The second-order valence-electron chi connectivity index (χ2n) is 6.61. The summed E-state index contributed by atoms with van der Waals surface area (Å²) in [7, 11) is 0. The lowest BCUT2D eigenvalue weighted by Gasteiger charge is -2.36. The van der Waals surface area contributed by atoms with E-state index in [9.17, 15) is 14.4 Å². The van der Waals surface area contributed by atoms with E-state index in [1.165, 1.54) is 6.07 Å². The van der Waals surface area contributed by atoms with E-state index in [4.69, 9.17) is 23.2 Å². The molecule has 3 rings (SSSR count). The molecule has 0 bridgehead atoms. The lowest BCUT2D eigenvalue weighted by molar-refractivity contribution is -0.136. The van der Waals surface area contributed by atoms with E-state index < -0.39 is 17.5 Å². The average Bonchev–Trinajstić information content (AvgIpc) is 2.78. The van der Waals surface area contributed by atoms with Crippen molar-refractivity contribution in [3.05, 3.63) is 28.2 Å². The highest BCUT2D eigenvalue weighted by atomic mass is 35.5. The zero-order chi connectivity index (χ0) is 18.2. The number of nitrogens with one attached hydrogen (secondary N) is 2. The number of carbonyl (C=O) groups is 3. The van der Waals surface area contributed by atoms with Crippen LogP contribution in [0.1, 0.15) is 32.6 Å². The number of hydrogen-bond acceptors (Lipinski definition) is 3. The molecule has 2 atom stereocenters. The molecule has 1 saturated heterocycles. The van der Waals surface area contributed by atoms with E-state index in [2.05, 4.69) is 10.6 Å². The highest BCUT2D eigenvalue weighted by Crippen LogP contribution is 2.38. The van der Waals surface area contributed by atoms with E-state index in [0.717, 1.165) is 24.2 Å². The molecular weight excluding hydrogens is 365 g/mol. The number of carbonyl (C=O) groups excluding carboxylic acids is 3. The van der Waals surface area contributed by atoms with Gasteiger partial charge in [0.25, 0.3) is 5.91 Å². The van der Waals surface area contributed by atoms with Crippen LogP contribution in [0.25, 0.3) is 0 Å². The van der Waals surface area contributed by atoms with Gasteiger partial charge in [-0.1, -0.05) is 43.0 Å². The number of nitrogens with zero attached hydrogens (tertiary/aromatic N) is 1. The van der Waals surface area contributed by atoms with Gasteiger partial charge >= 0.3 is 6.03 Å². The van der Waals surface area contributed by atoms with Crippen LogP contribution in [0, 0.1) is 5.92 Å². The van der Waals surface area contributed by atoms with E-state index in [1.54, 1.807) is 12.1 Å². The molecule has 1 aromatic rings. The summed E-state index contributed by atoms with van der Waals surface area (Å²) >= 11 is 11.8. The molecule has 1 aromatic carbocycles. The van der Waals surface area contributed by atoms with Crippen molar-refractivity contribution in [3.8, 4) is 0 Å². The van der Waals surface area contributed by atoms with Gasteiger partial charge in [-0.25, -0.2) is 4.79 Å². The molecule has 0 radical (unpaired) electrons. The Balaban J connectivity index is 1.71. The van der Waals surface area contributed by atoms with Crippen LogP contribution in [0.15, 0.2) is 18.2 Å². The minimum Gasteiger partial charge on any atom is -0.323 e. The molecule has 0 aromatic heterocycles. The monoisotopic (exact) mass is 383 g/mol. The summed E-state index contributed by atoms with van der Waals surface area (Å²) in [5.74, 6) is -0.758. The molecule has 1 heterocycles. The number of hydrogen-bond donors (Lipinski definition) is 2. The smallest absolute Gasteiger partial charge is 0.323 e. The van der Waals surface area contributed by atoms with Gasteiger partial charge in [0.1, 0.15) is 12.1 Å². The first kappa shape index (κ1) is 18.0. The Kier molecular flexibility index (Phi) is 4.93. The number of benzene rings is 1. The molecule has 4 amide bonds. The molecule has 2 N–H and O–H groups in total. The van der Waals surface area contributed by atoms with Gasteiger partial charge in [-0.2, -0.15) is 0 Å². The van der Waals surface area contributed by atoms with Crippen LogP contribution < -0.4 is 10.6 Å². The van der Waals surface area contributed by atoms with Crippen LogP contribution in [0.4, 0.5) is 10.5 Å². The van der Waals surface area contributed by atoms with Crippen molar-refractivity contribution in [3.63, 3.8) is 0 Å². The van der Waals surface area contributed by atoms with Gasteiger partial charge in [-0.15, -0.1) is 0 Å². The number of halogens is 2. The zero-order valence-electron chi connectivity index (χ0n) is 13.8. The van der Waals surface area contributed by atoms with Gasteiger partial charge in [0.05, 0.1) is 10.7 Å². The third-order valence-electron chi connectivity index (χ3n) is 5.01. The van der Waals surface area contributed by atoms with Crippen molar-refractivity contribution in [1.82, 2.24) is 10.2 Å². The Morgan fingerprint density at radius 2 is 2.12 bits per heavy atom. The van der Waals surface area contributed by atoms with Crippen molar-refractivity contribution in [2.45, 2.75) is 38.1 Å². The van der Waals surface area contributed by atoms with E-state index in [1.807, 2.05) is 6.92 Å². The predicted octanol–water partition coefficient (Wildman–Crippen LogP) is 3.43. The Hall–Kier alpha value is -1.79. The van der Waals surface area contributed by atoms with Crippen molar-refractivity contribution in [1.29, 1.82) is 0 Å². The second-order valence-corrected chi connectivity index (χ2v) is 7.46. The predicted molar refractivity (Wildman–Crippen MR) is 95.7 cm³/mol. The summed E-state index contributed by atoms with van der Waals surface area (Å²) < 4.78 is 0. The summed E-state index contributed by atoms with van der Waals surface area (Å²) in [6, 6.07) is 4.15. The summed E-state index contributed by atoms with van der Waals surface area (Å²) in [5, 5.41) is 6.16. The SMILES string of the molecule is CC1CCCCC12NC(=O)N(CC(=O)Nc1ccc(Cl)cc1Cl)C2=O. The van der Waals surface area contributed by atoms with Gasteiger partial charge in [-0.05, 0) is 37.0 Å². The van der Waals surface area contributed by atoms with Gasteiger partial charge in [-0.3, -0.25) is 14.5 Å². The number of urea groups is 1. The quantitative estimate of drug-likeness (QED) is 0.784. The molecule has 2 aliphatic rings. The molecule has 1 aliphatic heterocycles. The normalized spacial score (nSPS) is 26.0. The molecular formula is C17H19Cl2N3O3. The van der Waals surface area contributed by atoms with E-state index in [-0.39, 0.29) is 23.4 Å². The first-order valence-corrected chi connectivity index (χ1v) is 8.98. The van der Waals surface area contributed by atoms with Crippen molar-refractivity contribution >= 4 is 46.7 Å². The maximum Gasteiger partial charge on any atom is 0.325 e. The second kappa shape index (κ2) is 6.84. The number of rotatable bonds is 3. The van der Waals surface area contributed by atoms with Gasteiger partial charge < -0.3 is 10.6 Å². The van der Waals surface area contributed by atoms with Crippen LogP contribution in [-0.4, -0.2) is 34.8 Å². The molecule has 2 unspecified atom stereocenters. The van der Waals surface area contributed by atoms with Crippen LogP contribution in [0.5, 0.6) is 0 Å². The molecule has 134 valence electrons. The zero-order valence-corrected chi connectivity index (χ0v) is 15.3. The maximum absolute atomic E-state index is 12.8. The Morgan fingerprint density at radius 1 is 1.36 bits per heavy atom. The Bertz CT molecular complexity index is 740. The summed E-state index contributed by atoms with van der Waals surface area (Å²) in [4.78, 5) is 38.4. The summed E-state index contributed by atoms with van der Waals surface area (Å²) in [5.41, 5.74) is -0.489. The van der Waals surface area contributed by atoms with Crippen LogP contribution >= 0.6 is 23.2 Å². The fraction of sp³-hybridized carbons (Fsp3) is 0.471. The Labute approximate surface area is 155 Å². The molecule has 8 heteroatoms. The number of imide groups is 1. The standard InChI is InChI=1S/C17H19Cl2N3O3/c1-10-4-2-3-7-17(10)15(24)22(16(25)21-17)9-14(23)20-13-6-5-11(18)8-12(13)19/h5-6,8,10H,2-4,7,9H2,1H3,(H,20,23)(H,21,25). The number of amides is 4. The molecule has 1 spiro atoms. The van der Waals surface area contributed by atoms with E-state index >= 15 is 0 Å². The minimum absolute atomic E-state index is 0.0523. The topological polar surface area (TPSA) is 78.5 Å². The fourth-order valence-corrected chi connectivity index (χ4v) is 4.02. The van der Waals surface area contributed by atoms with Gasteiger partial charge in [0.15, 0.2) is 0 Å². The summed E-state index contributed by atoms with van der Waals surface area (Å²) in [6.45, 7) is 1.62. The highest BCUT2D eigenvalue weighted by Gasteiger charge is 2.55. The lowest BCUT2D eigenvalue weighted by Crippen LogP contribution is -2.54.